The lowest BCUT2D eigenvalue weighted by Gasteiger charge is -2.21. The van der Waals surface area contributed by atoms with E-state index >= 15 is 0 Å². The summed E-state index contributed by atoms with van der Waals surface area (Å²) in [6.45, 7) is 7.86. The summed E-state index contributed by atoms with van der Waals surface area (Å²) in [5, 5.41) is 2.90. The molecular weight excluding hydrogens is 178 g/mol. The lowest BCUT2D eigenvalue weighted by atomic mass is 10.1. The van der Waals surface area contributed by atoms with Crippen LogP contribution in [-0.2, 0) is 4.74 Å². The van der Waals surface area contributed by atoms with Crippen molar-refractivity contribution < 1.29 is 9.53 Å². The molecule has 0 spiro atoms. The third-order valence-corrected chi connectivity index (χ3v) is 2.42. The van der Waals surface area contributed by atoms with Crippen molar-refractivity contribution in [2.45, 2.75) is 58.6 Å². The second-order valence-electron chi connectivity index (χ2n) is 5.26. The fourth-order valence-corrected chi connectivity index (χ4v) is 1.81. The van der Waals surface area contributed by atoms with Gasteiger partial charge in [0.05, 0.1) is 0 Å². The molecule has 0 bridgehead atoms. The summed E-state index contributed by atoms with van der Waals surface area (Å²) in [4.78, 5) is 11.4. The number of carbonyl (C=O) groups excluding carboxylic acids is 1. The van der Waals surface area contributed by atoms with Gasteiger partial charge in [-0.3, -0.25) is 0 Å². The first-order valence-corrected chi connectivity index (χ1v) is 5.36. The molecule has 1 amide bonds. The van der Waals surface area contributed by atoms with Gasteiger partial charge in [0.1, 0.15) is 5.60 Å². The van der Waals surface area contributed by atoms with Crippen LogP contribution >= 0.6 is 0 Å². The van der Waals surface area contributed by atoms with Crippen molar-refractivity contribution in [2.75, 3.05) is 0 Å². The van der Waals surface area contributed by atoms with E-state index < -0.39 is 5.60 Å². The van der Waals surface area contributed by atoms with Gasteiger partial charge in [-0.05, 0) is 46.0 Å². The van der Waals surface area contributed by atoms with Crippen LogP contribution in [0.3, 0.4) is 0 Å². The highest BCUT2D eigenvalue weighted by atomic mass is 16.6. The average molecular weight is 199 g/mol. The molecule has 0 heterocycles. The summed E-state index contributed by atoms with van der Waals surface area (Å²) < 4.78 is 5.18. The van der Waals surface area contributed by atoms with Crippen molar-refractivity contribution in [2.24, 2.45) is 5.92 Å². The minimum Gasteiger partial charge on any atom is -0.444 e. The van der Waals surface area contributed by atoms with Crippen molar-refractivity contribution in [1.29, 1.82) is 0 Å². The summed E-state index contributed by atoms with van der Waals surface area (Å²) in [5.74, 6) is 0.731. The van der Waals surface area contributed by atoms with Crippen molar-refractivity contribution >= 4 is 6.09 Å². The van der Waals surface area contributed by atoms with Crippen molar-refractivity contribution in [3.05, 3.63) is 0 Å². The number of amides is 1. The Morgan fingerprint density at radius 3 is 2.43 bits per heavy atom. The summed E-state index contributed by atoms with van der Waals surface area (Å²) in [5.41, 5.74) is -0.395. The largest absolute Gasteiger partial charge is 0.444 e. The van der Waals surface area contributed by atoms with Crippen LogP contribution in [0.2, 0.25) is 0 Å². The van der Waals surface area contributed by atoms with Crippen LogP contribution < -0.4 is 5.32 Å². The zero-order chi connectivity index (χ0) is 10.8. The van der Waals surface area contributed by atoms with E-state index in [1.54, 1.807) is 0 Å². The van der Waals surface area contributed by atoms with E-state index in [9.17, 15) is 4.79 Å². The first-order chi connectivity index (χ1) is 6.37. The predicted octanol–water partition coefficient (Wildman–Crippen LogP) is 2.70. The Morgan fingerprint density at radius 2 is 2.00 bits per heavy atom. The fourth-order valence-electron chi connectivity index (χ4n) is 1.81. The van der Waals surface area contributed by atoms with Gasteiger partial charge in [-0.15, -0.1) is 0 Å². The molecule has 0 aromatic carbocycles. The number of ether oxygens (including phenoxy) is 1. The first-order valence-electron chi connectivity index (χ1n) is 5.36. The Morgan fingerprint density at radius 1 is 1.36 bits per heavy atom. The quantitative estimate of drug-likeness (QED) is 0.705. The Bertz CT molecular complexity index is 208. The smallest absolute Gasteiger partial charge is 0.407 e. The molecule has 0 radical (unpaired) electrons. The Kier molecular flexibility index (Phi) is 3.40. The molecule has 1 saturated carbocycles. The molecule has 1 N–H and O–H groups in total. The van der Waals surface area contributed by atoms with Crippen LogP contribution in [0.25, 0.3) is 0 Å². The lowest BCUT2D eigenvalue weighted by Crippen LogP contribution is -2.37. The van der Waals surface area contributed by atoms with E-state index in [2.05, 4.69) is 12.2 Å². The maximum absolute atomic E-state index is 11.4. The molecule has 1 aliphatic carbocycles. The molecule has 2 atom stereocenters. The van der Waals surface area contributed by atoms with Crippen LogP contribution in [0, 0.1) is 5.92 Å². The molecular formula is C11H21NO2. The van der Waals surface area contributed by atoms with Crippen LogP contribution in [0.1, 0.15) is 47.0 Å². The third kappa shape index (κ3) is 3.99. The van der Waals surface area contributed by atoms with Gasteiger partial charge in [-0.2, -0.15) is 0 Å². The van der Waals surface area contributed by atoms with Gasteiger partial charge in [0.2, 0.25) is 0 Å². The molecule has 3 nitrogen and oxygen atoms in total. The number of nitrogens with one attached hydrogen (secondary N) is 1. The Hall–Kier alpha value is -0.730. The van der Waals surface area contributed by atoms with Crippen LogP contribution in [0.15, 0.2) is 0 Å². The highest BCUT2D eigenvalue weighted by Gasteiger charge is 2.24. The van der Waals surface area contributed by atoms with Crippen molar-refractivity contribution in [3.8, 4) is 0 Å². The van der Waals surface area contributed by atoms with E-state index in [0.717, 1.165) is 18.8 Å². The molecule has 3 heteroatoms. The van der Waals surface area contributed by atoms with Crippen LogP contribution in [-0.4, -0.2) is 17.7 Å². The predicted molar refractivity (Wildman–Crippen MR) is 56.2 cm³/mol. The summed E-state index contributed by atoms with van der Waals surface area (Å²) >= 11 is 0. The number of hydrogen-bond donors (Lipinski definition) is 1. The number of carbonyl (C=O) groups is 1. The van der Waals surface area contributed by atoms with E-state index in [1.165, 1.54) is 6.42 Å². The first kappa shape index (κ1) is 11.3. The topological polar surface area (TPSA) is 38.3 Å². The van der Waals surface area contributed by atoms with Gasteiger partial charge in [0.15, 0.2) is 0 Å². The van der Waals surface area contributed by atoms with E-state index in [0.29, 0.717) is 6.04 Å². The summed E-state index contributed by atoms with van der Waals surface area (Å²) in [7, 11) is 0. The molecule has 0 aromatic rings. The van der Waals surface area contributed by atoms with E-state index in [-0.39, 0.29) is 6.09 Å². The molecule has 1 aliphatic rings. The maximum Gasteiger partial charge on any atom is 0.407 e. The van der Waals surface area contributed by atoms with Gasteiger partial charge in [0.25, 0.3) is 0 Å². The van der Waals surface area contributed by atoms with E-state index in [4.69, 9.17) is 4.74 Å². The van der Waals surface area contributed by atoms with Gasteiger partial charge >= 0.3 is 6.09 Å². The molecule has 1 rings (SSSR count). The lowest BCUT2D eigenvalue weighted by molar-refractivity contribution is 0.0505. The zero-order valence-corrected chi connectivity index (χ0v) is 9.59. The minimum absolute atomic E-state index is 0.281. The second kappa shape index (κ2) is 4.20. The van der Waals surface area contributed by atoms with Gasteiger partial charge in [-0.25, -0.2) is 4.79 Å². The summed E-state index contributed by atoms with van der Waals surface area (Å²) in [6, 6.07) is 0.319. The SMILES string of the molecule is CC1CCC(NC(=O)OC(C)(C)C)C1. The minimum atomic E-state index is -0.395. The normalized spacial score (nSPS) is 27.4. The zero-order valence-electron chi connectivity index (χ0n) is 9.59. The molecule has 14 heavy (non-hydrogen) atoms. The monoisotopic (exact) mass is 199 g/mol. The fraction of sp³-hybridized carbons (Fsp3) is 0.909. The number of rotatable bonds is 1. The van der Waals surface area contributed by atoms with E-state index in [1.807, 2.05) is 20.8 Å². The Labute approximate surface area is 86.2 Å². The number of hydrogen-bond acceptors (Lipinski definition) is 2. The van der Waals surface area contributed by atoms with Crippen LogP contribution in [0.5, 0.6) is 0 Å². The highest BCUT2D eigenvalue weighted by Crippen LogP contribution is 2.24. The van der Waals surface area contributed by atoms with Gasteiger partial charge < -0.3 is 10.1 Å². The standard InChI is InChI=1S/C11H21NO2/c1-8-5-6-9(7-8)12-10(13)14-11(2,3)4/h8-9H,5-7H2,1-4H3,(H,12,13). The van der Waals surface area contributed by atoms with Gasteiger partial charge in [-0.1, -0.05) is 6.92 Å². The molecule has 1 fully saturated rings. The second-order valence-corrected chi connectivity index (χ2v) is 5.26. The summed E-state index contributed by atoms with van der Waals surface area (Å²) in [6.07, 6.45) is 3.09. The Balaban J connectivity index is 2.27. The molecule has 0 aliphatic heterocycles. The molecule has 0 aromatic heterocycles. The molecule has 82 valence electrons. The molecule has 0 saturated heterocycles. The maximum atomic E-state index is 11.4. The number of alkyl carbamates (subject to hydrolysis) is 1. The van der Waals surface area contributed by atoms with Crippen molar-refractivity contribution in [1.82, 2.24) is 5.32 Å². The van der Waals surface area contributed by atoms with Gasteiger partial charge in [0, 0.05) is 6.04 Å². The highest BCUT2D eigenvalue weighted by molar-refractivity contribution is 5.68. The van der Waals surface area contributed by atoms with Crippen molar-refractivity contribution in [3.63, 3.8) is 0 Å². The van der Waals surface area contributed by atoms with Crippen LogP contribution in [0.4, 0.5) is 4.79 Å². The molecule has 2 unspecified atom stereocenters. The average Bonchev–Trinajstić information content (AvgIpc) is 2.30. The third-order valence-electron chi connectivity index (χ3n) is 2.42.